The number of aryl methyl sites for hydroxylation is 1. The van der Waals surface area contributed by atoms with Crippen molar-refractivity contribution in [1.29, 1.82) is 0 Å². The Balaban J connectivity index is 1.47. The summed E-state index contributed by atoms with van der Waals surface area (Å²) in [4.78, 5) is 36.7. The predicted octanol–water partition coefficient (Wildman–Crippen LogP) is 4.01. The van der Waals surface area contributed by atoms with Crippen LogP contribution in [0, 0.1) is 6.92 Å². The smallest absolute Gasteiger partial charge is 0.422 e. The molecule has 0 radical (unpaired) electrons. The van der Waals surface area contributed by atoms with E-state index >= 15 is 0 Å². The van der Waals surface area contributed by atoms with Crippen LogP contribution in [0.3, 0.4) is 0 Å². The number of ether oxygens (including phenoxy) is 1. The number of anilines is 4. The van der Waals surface area contributed by atoms with Crippen LogP contribution in [0.1, 0.15) is 11.1 Å². The normalized spacial score (nSPS) is 17.6. The molecular weight excluding hydrogens is 698 g/mol. The first-order valence-electron chi connectivity index (χ1n) is 15.2. The van der Waals surface area contributed by atoms with Crippen molar-refractivity contribution in [3.8, 4) is 5.75 Å². The van der Waals surface area contributed by atoms with Crippen LogP contribution in [0.2, 0.25) is 0 Å². The largest absolute Gasteiger partial charge is 0.495 e. The zero-order valence-electron chi connectivity index (χ0n) is 27.3. The molecule has 2 aliphatic rings. The van der Waals surface area contributed by atoms with Crippen LogP contribution in [0.15, 0.2) is 64.5 Å². The number of carbonyl (C=O) groups is 2. The number of halogens is 3. The molecule has 2 atom stereocenters. The summed E-state index contributed by atoms with van der Waals surface area (Å²) >= 11 is 0.283. The maximum atomic E-state index is 13.8. The van der Waals surface area contributed by atoms with Gasteiger partial charge in [0.2, 0.25) is 17.8 Å². The molecule has 0 saturated heterocycles. The summed E-state index contributed by atoms with van der Waals surface area (Å²) < 4.78 is 75.3. The number of amides is 2. The van der Waals surface area contributed by atoms with Crippen LogP contribution < -0.4 is 26.0 Å². The minimum Gasteiger partial charge on any atom is -0.495 e. The zero-order chi connectivity index (χ0) is 36.1. The number of benzene rings is 2. The van der Waals surface area contributed by atoms with Gasteiger partial charge in [-0.05, 0) is 69.4 Å². The molecular formula is C32H33F3N8O5S2. The van der Waals surface area contributed by atoms with Gasteiger partial charge in [0.05, 0.1) is 40.6 Å². The summed E-state index contributed by atoms with van der Waals surface area (Å²) in [6.45, 7) is 2.46. The lowest BCUT2D eigenvalue weighted by Gasteiger charge is -2.21. The number of nitrogens with zero attached hydrogens (tertiary/aromatic N) is 5. The Morgan fingerprint density at radius 3 is 2.50 bits per heavy atom. The fourth-order valence-corrected chi connectivity index (χ4v) is 8.10. The number of methoxy groups -OCH3 is 1. The van der Waals surface area contributed by atoms with E-state index in [9.17, 15) is 31.2 Å². The summed E-state index contributed by atoms with van der Waals surface area (Å²) in [5.41, 5.74) is 8.09. The number of primary amides is 1. The standard InChI is InChI=1S/C32H33F3N8O5S2/c1-17-5-7-19(8-6-17)50(46,47)43-12-10-20-29(37-22-15-25(32(33,34)35)49-27(22)28(36)45)39-31(40-30(20)43)38-21-14-23-18(13-24(21)48-4)9-11-42(23)26(44)16-41(2)3/h5-8,10,12-15,22,27H,9,11,16H2,1-4H3,(H2,36,45)(H2,37,38,39,40). The molecule has 264 valence electrons. The lowest BCUT2D eigenvalue weighted by molar-refractivity contribution is -0.119. The lowest BCUT2D eigenvalue weighted by atomic mass is 10.1. The van der Waals surface area contributed by atoms with E-state index in [1.54, 1.807) is 48.2 Å². The molecule has 0 saturated carbocycles. The Kier molecular flexibility index (Phi) is 9.21. The number of carbonyl (C=O) groups excluding carboxylic acids is 2. The van der Waals surface area contributed by atoms with Crippen LogP contribution in [-0.4, -0.2) is 90.8 Å². The average molecular weight is 731 g/mol. The number of alkyl halides is 3. The van der Waals surface area contributed by atoms with Crippen molar-refractivity contribution in [3.05, 3.63) is 70.8 Å². The Hall–Kier alpha value is -4.81. The van der Waals surface area contributed by atoms with Crippen LogP contribution >= 0.6 is 11.8 Å². The molecule has 0 spiro atoms. The number of hydrogen-bond donors (Lipinski definition) is 3. The average Bonchev–Trinajstić information content (AvgIpc) is 3.77. The van der Waals surface area contributed by atoms with E-state index in [-0.39, 0.29) is 51.9 Å². The van der Waals surface area contributed by atoms with Crippen LogP contribution in [0.4, 0.5) is 36.3 Å². The molecule has 18 heteroatoms. The number of aromatic nitrogens is 3. The molecule has 4 heterocycles. The molecule has 2 amide bonds. The second-order valence-electron chi connectivity index (χ2n) is 12.0. The Labute approximate surface area is 289 Å². The van der Waals surface area contributed by atoms with Crippen molar-refractivity contribution >= 4 is 67.8 Å². The highest BCUT2D eigenvalue weighted by atomic mass is 32.2. The summed E-state index contributed by atoms with van der Waals surface area (Å²) in [5, 5.41) is 4.75. The second-order valence-corrected chi connectivity index (χ2v) is 15.0. The van der Waals surface area contributed by atoms with Gasteiger partial charge in [0.25, 0.3) is 10.0 Å². The first kappa shape index (κ1) is 35.0. The molecule has 2 aliphatic heterocycles. The van der Waals surface area contributed by atoms with Gasteiger partial charge in [-0.3, -0.25) is 9.59 Å². The van der Waals surface area contributed by atoms with Gasteiger partial charge in [-0.2, -0.15) is 23.1 Å². The Morgan fingerprint density at radius 2 is 1.86 bits per heavy atom. The number of nitrogens with one attached hydrogen (secondary N) is 2. The summed E-state index contributed by atoms with van der Waals surface area (Å²) in [5.74, 6) is -0.928. The first-order valence-corrected chi connectivity index (χ1v) is 17.5. The summed E-state index contributed by atoms with van der Waals surface area (Å²) in [7, 11) is 0.827. The number of fused-ring (bicyclic) bond motifs is 2. The van der Waals surface area contributed by atoms with Gasteiger partial charge in [-0.25, -0.2) is 12.4 Å². The van der Waals surface area contributed by atoms with Crippen molar-refractivity contribution in [2.75, 3.05) is 49.8 Å². The van der Waals surface area contributed by atoms with Crippen LogP contribution in [-0.2, 0) is 26.0 Å². The Morgan fingerprint density at radius 1 is 1.14 bits per heavy atom. The van der Waals surface area contributed by atoms with E-state index in [1.165, 1.54) is 31.5 Å². The topological polar surface area (TPSA) is 165 Å². The molecule has 2 aromatic heterocycles. The van der Waals surface area contributed by atoms with Crippen molar-refractivity contribution in [1.82, 2.24) is 18.8 Å². The minimum atomic E-state index is -4.72. The Bertz CT molecular complexity index is 2140. The molecule has 50 heavy (non-hydrogen) atoms. The van der Waals surface area contributed by atoms with E-state index in [4.69, 9.17) is 10.5 Å². The van der Waals surface area contributed by atoms with Gasteiger partial charge < -0.3 is 30.9 Å². The fraction of sp³-hybridized carbons (Fsp3) is 0.312. The third kappa shape index (κ3) is 6.69. The van der Waals surface area contributed by atoms with E-state index in [0.29, 0.717) is 30.1 Å². The molecule has 0 fully saturated rings. The molecule has 13 nitrogen and oxygen atoms in total. The second kappa shape index (κ2) is 13.1. The van der Waals surface area contributed by atoms with Crippen molar-refractivity contribution in [3.63, 3.8) is 0 Å². The fourth-order valence-electron chi connectivity index (χ4n) is 5.76. The third-order valence-corrected chi connectivity index (χ3v) is 11.2. The van der Waals surface area contributed by atoms with Crippen LogP contribution in [0.25, 0.3) is 11.0 Å². The third-order valence-electron chi connectivity index (χ3n) is 8.16. The number of nitrogens with two attached hydrogens (primary N) is 1. The van der Waals surface area contributed by atoms with Crippen molar-refractivity contribution < 1.29 is 35.9 Å². The number of likely N-dealkylation sites (N-methyl/N-ethyl adjacent to an activating group) is 1. The maximum Gasteiger partial charge on any atom is 0.422 e. The van der Waals surface area contributed by atoms with Gasteiger partial charge >= 0.3 is 6.18 Å². The van der Waals surface area contributed by atoms with Crippen molar-refractivity contribution in [2.24, 2.45) is 5.73 Å². The number of thioether (sulfide) groups is 1. The van der Waals surface area contributed by atoms with Gasteiger partial charge in [-0.15, -0.1) is 11.8 Å². The monoisotopic (exact) mass is 730 g/mol. The van der Waals surface area contributed by atoms with Crippen LogP contribution in [0.5, 0.6) is 5.75 Å². The number of allylic oxidation sites excluding steroid dienone is 1. The summed E-state index contributed by atoms with van der Waals surface area (Å²) in [6.07, 6.45) is -2.01. The number of rotatable bonds is 10. The van der Waals surface area contributed by atoms with Gasteiger partial charge in [0.1, 0.15) is 16.8 Å². The van der Waals surface area contributed by atoms with E-state index in [1.807, 2.05) is 6.92 Å². The van der Waals surface area contributed by atoms with Gasteiger partial charge in [0, 0.05) is 18.4 Å². The predicted molar refractivity (Wildman–Crippen MR) is 184 cm³/mol. The molecule has 2 unspecified atom stereocenters. The summed E-state index contributed by atoms with van der Waals surface area (Å²) in [6, 6.07) is 9.83. The number of hydrogen-bond acceptors (Lipinski definition) is 11. The SMILES string of the molecule is COc1cc2c(cc1Nc1nc(NC3C=C(C(F)(F)F)SC3C(N)=O)c3ccn(S(=O)(=O)c4ccc(C)cc4)c3n1)N(C(=O)CN(C)C)CC2. The van der Waals surface area contributed by atoms with E-state index in [0.717, 1.165) is 21.2 Å². The molecule has 2 aromatic carbocycles. The minimum absolute atomic E-state index is 0.0234. The van der Waals surface area contributed by atoms with Crippen molar-refractivity contribution in [2.45, 2.75) is 35.7 Å². The highest BCUT2D eigenvalue weighted by molar-refractivity contribution is 8.04. The lowest BCUT2D eigenvalue weighted by Crippen LogP contribution is -2.37. The maximum absolute atomic E-state index is 13.8. The highest BCUT2D eigenvalue weighted by Crippen LogP contribution is 2.44. The van der Waals surface area contributed by atoms with Gasteiger partial charge in [0.15, 0.2) is 5.65 Å². The molecule has 6 rings (SSSR count). The molecule has 0 aliphatic carbocycles. The quantitative estimate of drug-likeness (QED) is 0.216. The molecule has 4 N–H and O–H groups in total. The highest BCUT2D eigenvalue weighted by Gasteiger charge is 2.44. The zero-order valence-corrected chi connectivity index (χ0v) is 28.9. The molecule has 0 bridgehead atoms. The van der Waals surface area contributed by atoms with E-state index < -0.39 is 38.3 Å². The molecule has 4 aromatic rings. The van der Waals surface area contributed by atoms with Gasteiger partial charge in [-0.1, -0.05) is 17.7 Å². The first-order chi connectivity index (χ1) is 23.6. The van der Waals surface area contributed by atoms with E-state index in [2.05, 4.69) is 20.6 Å².